The number of hydrogen-bond acceptors (Lipinski definition) is 9. The number of aliphatic hydroxyl groups is 1. The number of carbonyl (C=O) groups is 3. The predicted molar refractivity (Wildman–Crippen MR) is 132 cm³/mol. The van der Waals surface area contributed by atoms with Crippen molar-refractivity contribution in [3.05, 3.63) is 17.7 Å². The van der Waals surface area contributed by atoms with Gasteiger partial charge in [-0.3, -0.25) is 4.79 Å². The molecule has 2 amide bonds. The zero-order chi connectivity index (χ0) is 27.9. The summed E-state index contributed by atoms with van der Waals surface area (Å²) < 4.78 is 26.6. The summed E-state index contributed by atoms with van der Waals surface area (Å²) >= 11 is 0. The molecule has 0 aliphatic rings. The molecule has 0 radical (unpaired) electrons. The lowest BCUT2D eigenvalue weighted by Crippen LogP contribution is -2.58. The van der Waals surface area contributed by atoms with E-state index in [1.165, 1.54) is 28.3 Å². The van der Waals surface area contributed by atoms with E-state index in [1.807, 2.05) is 0 Å². The number of alkyl carbamates (subject to hydrolysis) is 1. The molecule has 0 heterocycles. The number of amides is 2. The molecule has 2 atom stereocenters. The van der Waals surface area contributed by atoms with Gasteiger partial charge in [-0.05, 0) is 48.5 Å². The third kappa shape index (κ3) is 9.44. The van der Waals surface area contributed by atoms with E-state index in [9.17, 15) is 19.5 Å². The van der Waals surface area contributed by atoms with Crippen LogP contribution in [0.15, 0.2) is 12.1 Å². The standard InChI is InChI=1S/C25H40N2O9/c1-23(2,3)35-21(30)25(7,27-22(31)36-24(4,5)6)13-17(28)20(29)26-14-16-18(33-9)11-15(32-8)12-19(16)34-10/h11-12,17,28H,13-14H2,1-10H3,(H,26,29)(H,27,31)/t17?,25-/m1/s1. The highest BCUT2D eigenvalue weighted by Crippen LogP contribution is 2.34. The third-order valence-corrected chi connectivity index (χ3v) is 4.79. The molecule has 0 spiro atoms. The largest absolute Gasteiger partial charge is 0.496 e. The van der Waals surface area contributed by atoms with Crippen LogP contribution in [0, 0.1) is 0 Å². The summed E-state index contributed by atoms with van der Waals surface area (Å²) in [4.78, 5) is 38.2. The number of methoxy groups -OCH3 is 3. The summed E-state index contributed by atoms with van der Waals surface area (Å²) in [6.07, 6.45) is -3.03. The number of aliphatic hydroxyl groups excluding tert-OH is 1. The first-order valence-electron chi connectivity index (χ1n) is 11.4. The minimum Gasteiger partial charge on any atom is -0.496 e. The average molecular weight is 513 g/mol. The summed E-state index contributed by atoms with van der Waals surface area (Å²) in [6.45, 7) is 11.3. The second-order valence-electron chi connectivity index (χ2n) is 10.4. The molecule has 1 unspecified atom stereocenters. The molecule has 36 heavy (non-hydrogen) atoms. The monoisotopic (exact) mass is 512 g/mol. The number of benzene rings is 1. The van der Waals surface area contributed by atoms with Gasteiger partial charge in [0, 0.05) is 18.6 Å². The van der Waals surface area contributed by atoms with Crippen molar-refractivity contribution in [1.82, 2.24) is 10.6 Å². The Morgan fingerprint density at radius 3 is 1.78 bits per heavy atom. The number of ether oxygens (including phenoxy) is 5. The first-order valence-corrected chi connectivity index (χ1v) is 11.4. The Kier molecular flexibility index (Phi) is 10.4. The molecule has 11 nitrogen and oxygen atoms in total. The van der Waals surface area contributed by atoms with Crippen molar-refractivity contribution in [2.24, 2.45) is 0 Å². The van der Waals surface area contributed by atoms with E-state index in [-0.39, 0.29) is 6.54 Å². The van der Waals surface area contributed by atoms with Gasteiger partial charge in [-0.15, -0.1) is 0 Å². The zero-order valence-electron chi connectivity index (χ0n) is 22.9. The third-order valence-electron chi connectivity index (χ3n) is 4.79. The van der Waals surface area contributed by atoms with Crippen molar-refractivity contribution in [2.75, 3.05) is 21.3 Å². The molecule has 0 aromatic heterocycles. The van der Waals surface area contributed by atoms with Crippen molar-refractivity contribution < 1.29 is 43.2 Å². The van der Waals surface area contributed by atoms with Gasteiger partial charge in [-0.2, -0.15) is 0 Å². The maximum absolute atomic E-state index is 13.0. The van der Waals surface area contributed by atoms with Crippen molar-refractivity contribution in [3.63, 3.8) is 0 Å². The fourth-order valence-electron chi connectivity index (χ4n) is 3.13. The number of hydrogen-bond donors (Lipinski definition) is 3. The normalized spacial score (nSPS) is 14.1. The molecule has 0 saturated carbocycles. The zero-order valence-corrected chi connectivity index (χ0v) is 22.9. The van der Waals surface area contributed by atoms with E-state index in [1.54, 1.807) is 53.7 Å². The second kappa shape index (κ2) is 12.2. The molecule has 0 fully saturated rings. The lowest BCUT2D eigenvalue weighted by Gasteiger charge is -2.34. The smallest absolute Gasteiger partial charge is 0.408 e. The summed E-state index contributed by atoms with van der Waals surface area (Å²) in [5.41, 5.74) is -2.95. The maximum atomic E-state index is 13.0. The second-order valence-corrected chi connectivity index (χ2v) is 10.4. The van der Waals surface area contributed by atoms with E-state index in [2.05, 4.69) is 10.6 Å². The van der Waals surface area contributed by atoms with Gasteiger partial charge >= 0.3 is 12.1 Å². The van der Waals surface area contributed by atoms with E-state index < -0.39 is 47.2 Å². The molecule has 0 aliphatic heterocycles. The number of rotatable bonds is 10. The highest BCUT2D eigenvalue weighted by Gasteiger charge is 2.43. The van der Waals surface area contributed by atoms with Crippen molar-refractivity contribution in [3.8, 4) is 17.2 Å². The van der Waals surface area contributed by atoms with Gasteiger partial charge in [-0.25, -0.2) is 9.59 Å². The Bertz CT molecular complexity index is 909. The molecule has 1 aromatic rings. The molecule has 11 heteroatoms. The lowest BCUT2D eigenvalue weighted by molar-refractivity contribution is -0.164. The Balaban J connectivity index is 3.08. The summed E-state index contributed by atoms with van der Waals surface area (Å²) in [5.74, 6) is -0.292. The molecule has 1 rings (SSSR count). The van der Waals surface area contributed by atoms with E-state index in [0.717, 1.165) is 0 Å². The lowest BCUT2D eigenvalue weighted by atomic mass is 9.93. The minimum absolute atomic E-state index is 0.0467. The van der Waals surface area contributed by atoms with Crippen LogP contribution in [-0.4, -0.2) is 67.3 Å². The van der Waals surface area contributed by atoms with Crippen LogP contribution in [0.25, 0.3) is 0 Å². The molecular formula is C25H40N2O9. The average Bonchev–Trinajstić information content (AvgIpc) is 2.73. The van der Waals surface area contributed by atoms with Crippen LogP contribution in [-0.2, 0) is 25.6 Å². The van der Waals surface area contributed by atoms with Gasteiger partial charge in [0.05, 0.1) is 33.4 Å². The molecule has 0 bridgehead atoms. The maximum Gasteiger partial charge on any atom is 0.408 e. The number of nitrogens with one attached hydrogen (secondary N) is 2. The van der Waals surface area contributed by atoms with Crippen molar-refractivity contribution in [2.45, 2.75) is 84.3 Å². The van der Waals surface area contributed by atoms with Crippen LogP contribution in [0.2, 0.25) is 0 Å². The van der Waals surface area contributed by atoms with E-state index in [4.69, 9.17) is 23.7 Å². The predicted octanol–water partition coefficient (Wildman–Crippen LogP) is 2.70. The number of esters is 1. The van der Waals surface area contributed by atoms with Gasteiger partial charge in [0.2, 0.25) is 5.91 Å². The fourth-order valence-corrected chi connectivity index (χ4v) is 3.13. The summed E-state index contributed by atoms with van der Waals surface area (Å²) in [6, 6.07) is 3.26. The quantitative estimate of drug-likeness (QED) is 0.403. The Morgan fingerprint density at radius 2 is 1.36 bits per heavy atom. The van der Waals surface area contributed by atoms with Crippen LogP contribution in [0.1, 0.15) is 60.5 Å². The Hall–Kier alpha value is -3.21. The van der Waals surface area contributed by atoms with Crippen LogP contribution >= 0.6 is 0 Å². The minimum atomic E-state index is -1.76. The highest BCUT2D eigenvalue weighted by molar-refractivity contribution is 5.88. The van der Waals surface area contributed by atoms with Gasteiger partial charge in [0.25, 0.3) is 0 Å². The Labute approximate surface area is 212 Å². The molecule has 0 saturated heterocycles. The van der Waals surface area contributed by atoms with Crippen molar-refractivity contribution in [1.29, 1.82) is 0 Å². The van der Waals surface area contributed by atoms with Gasteiger partial charge < -0.3 is 39.4 Å². The van der Waals surface area contributed by atoms with Crippen LogP contribution < -0.4 is 24.8 Å². The van der Waals surface area contributed by atoms with E-state index >= 15 is 0 Å². The summed E-state index contributed by atoms with van der Waals surface area (Å²) in [5, 5.41) is 15.7. The molecule has 0 aliphatic carbocycles. The highest BCUT2D eigenvalue weighted by atomic mass is 16.6. The van der Waals surface area contributed by atoms with Gasteiger partial charge in [0.15, 0.2) is 0 Å². The Morgan fingerprint density at radius 1 is 0.861 bits per heavy atom. The first kappa shape index (κ1) is 30.8. The van der Waals surface area contributed by atoms with Crippen molar-refractivity contribution >= 4 is 18.0 Å². The van der Waals surface area contributed by atoms with Gasteiger partial charge in [0.1, 0.15) is 40.1 Å². The first-order chi connectivity index (χ1) is 16.4. The molecule has 204 valence electrons. The van der Waals surface area contributed by atoms with Crippen LogP contribution in [0.4, 0.5) is 4.79 Å². The van der Waals surface area contributed by atoms with Crippen LogP contribution in [0.5, 0.6) is 17.2 Å². The van der Waals surface area contributed by atoms with Gasteiger partial charge in [-0.1, -0.05) is 0 Å². The number of carbonyl (C=O) groups excluding carboxylic acids is 3. The molecule has 3 N–H and O–H groups in total. The fraction of sp³-hybridized carbons (Fsp3) is 0.640. The molecule has 1 aromatic carbocycles. The van der Waals surface area contributed by atoms with E-state index in [0.29, 0.717) is 22.8 Å². The SMILES string of the molecule is COc1cc(OC)c(CNC(=O)C(O)C[C@@](C)(NC(=O)OC(C)(C)C)C(=O)OC(C)(C)C)c(OC)c1. The van der Waals surface area contributed by atoms with Crippen LogP contribution in [0.3, 0.4) is 0 Å². The summed E-state index contributed by atoms with van der Waals surface area (Å²) in [7, 11) is 4.42. The topological polar surface area (TPSA) is 142 Å². The molecular weight excluding hydrogens is 472 g/mol.